The van der Waals surface area contributed by atoms with Gasteiger partial charge in [-0.25, -0.2) is 0 Å². The van der Waals surface area contributed by atoms with Crippen LogP contribution in [0.15, 0.2) is 12.2 Å². The van der Waals surface area contributed by atoms with Crippen molar-refractivity contribution in [1.82, 2.24) is 0 Å². The van der Waals surface area contributed by atoms with Gasteiger partial charge in [-0.3, -0.25) is 4.79 Å². The Labute approximate surface area is 220 Å². The van der Waals surface area contributed by atoms with E-state index in [0.717, 1.165) is 53.4 Å². The molecule has 0 fully saturated rings. The Balaban J connectivity index is 2.19. The van der Waals surface area contributed by atoms with Crippen molar-refractivity contribution in [3.05, 3.63) is 34.4 Å². The zero-order valence-corrected chi connectivity index (χ0v) is 24.9. The van der Waals surface area contributed by atoms with E-state index in [0.29, 0.717) is 12.3 Å². The Morgan fingerprint density at radius 2 is 1.72 bits per heavy atom. The highest BCUT2D eigenvalue weighted by Crippen LogP contribution is 2.45. The van der Waals surface area contributed by atoms with Crippen molar-refractivity contribution in [2.45, 2.75) is 132 Å². The van der Waals surface area contributed by atoms with Gasteiger partial charge in [0.1, 0.15) is 22.7 Å². The number of aliphatic carboxylic acids is 1. The number of rotatable bonds is 12. The molecule has 0 radical (unpaired) electrons. The summed E-state index contributed by atoms with van der Waals surface area (Å²) in [5, 5.41) is 9.60. The van der Waals surface area contributed by atoms with Crippen LogP contribution in [0.1, 0.15) is 116 Å². The highest BCUT2D eigenvalue weighted by molar-refractivity contribution is 5.73. The molecule has 0 aliphatic carbocycles. The normalized spacial score (nSPS) is 19.3. The van der Waals surface area contributed by atoms with Crippen LogP contribution < -0.4 is 9.47 Å². The summed E-state index contributed by atoms with van der Waals surface area (Å²) in [4.78, 5) is 11.7. The van der Waals surface area contributed by atoms with Gasteiger partial charge in [0.05, 0.1) is 5.41 Å². The molecule has 0 aromatic heterocycles. The minimum absolute atomic E-state index is 0.304. The van der Waals surface area contributed by atoms with Gasteiger partial charge in [-0.1, -0.05) is 46.1 Å². The number of carboxylic acids is 1. The lowest BCUT2D eigenvalue weighted by Gasteiger charge is -2.38. The molecule has 2 atom stereocenters. The van der Waals surface area contributed by atoms with Gasteiger partial charge in [0.15, 0.2) is 0 Å². The highest BCUT2D eigenvalue weighted by Gasteiger charge is 2.38. The molecule has 1 aromatic carbocycles. The molecule has 1 aliphatic rings. The topological polar surface area (TPSA) is 55.8 Å². The molecule has 204 valence electrons. The lowest BCUT2D eigenvalue weighted by atomic mass is 9.81. The van der Waals surface area contributed by atoms with Crippen LogP contribution in [0.5, 0.6) is 11.5 Å². The maximum Gasteiger partial charge on any atom is 0.309 e. The van der Waals surface area contributed by atoms with Crippen molar-refractivity contribution in [3.8, 4) is 11.5 Å². The second-order valence-corrected chi connectivity index (χ2v) is 13.2. The first-order chi connectivity index (χ1) is 16.5. The molecule has 2 unspecified atom stereocenters. The van der Waals surface area contributed by atoms with Gasteiger partial charge in [0.25, 0.3) is 0 Å². The van der Waals surface area contributed by atoms with E-state index < -0.39 is 17.0 Å². The number of carboxylic acid groups (broad SMARTS) is 1. The zero-order chi connectivity index (χ0) is 27.5. The zero-order valence-electron chi connectivity index (χ0n) is 24.9. The molecule has 0 saturated carbocycles. The number of allylic oxidation sites excluding steroid dienone is 1. The van der Waals surface area contributed by atoms with Crippen molar-refractivity contribution in [3.63, 3.8) is 0 Å². The minimum atomic E-state index is -0.863. The van der Waals surface area contributed by atoms with E-state index >= 15 is 0 Å². The molecule has 0 bridgehead atoms. The Morgan fingerprint density at radius 1 is 1.08 bits per heavy atom. The lowest BCUT2D eigenvalue weighted by Crippen LogP contribution is -2.39. The summed E-state index contributed by atoms with van der Waals surface area (Å²) in [5.74, 6) is 2.53. The molecule has 1 N–H and O–H groups in total. The van der Waals surface area contributed by atoms with Crippen LogP contribution in [0.25, 0.3) is 0 Å². The van der Waals surface area contributed by atoms with Gasteiger partial charge in [-0.2, -0.15) is 0 Å². The smallest absolute Gasteiger partial charge is 0.309 e. The van der Waals surface area contributed by atoms with E-state index in [1.807, 2.05) is 13.8 Å². The maximum atomic E-state index is 11.7. The van der Waals surface area contributed by atoms with Crippen molar-refractivity contribution in [2.24, 2.45) is 17.3 Å². The molecule has 2 rings (SSSR count). The third-order valence-electron chi connectivity index (χ3n) is 7.83. The summed E-state index contributed by atoms with van der Waals surface area (Å²) in [6.07, 6.45) is 11.9. The highest BCUT2D eigenvalue weighted by atomic mass is 16.5. The van der Waals surface area contributed by atoms with Crippen LogP contribution in [0.2, 0.25) is 0 Å². The summed E-state index contributed by atoms with van der Waals surface area (Å²) in [6, 6.07) is 0. The number of ether oxygens (including phenoxy) is 2. The first-order valence-corrected chi connectivity index (χ1v) is 13.9. The van der Waals surface area contributed by atoms with Crippen molar-refractivity contribution < 1.29 is 19.4 Å². The second kappa shape index (κ2) is 11.6. The molecule has 1 aliphatic heterocycles. The molecule has 0 spiro atoms. The first-order valence-electron chi connectivity index (χ1n) is 13.9. The molecule has 1 aromatic rings. The van der Waals surface area contributed by atoms with Gasteiger partial charge in [0, 0.05) is 12.0 Å². The van der Waals surface area contributed by atoms with Crippen molar-refractivity contribution in [2.75, 3.05) is 0 Å². The molecule has 0 amide bonds. The molecular weight excluding hydrogens is 448 g/mol. The fraction of sp³-hybridized carbons (Fsp3) is 0.719. The summed E-state index contributed by atoms with van der Waals surface area (Å²) in [7, 11) is 0. The molecule has 4 heteroatoms. The van der Waals surface area contributed by atoms with Crippen molar-refractivity contribution >= 4 is 5.97 Å². The Bertz CT molecular complexity index is 954. The van der Waals surface area contributed by atoms with Gasteiger partial charge in [-0.05, 0) is 109 Å². The van der Waals surface area contributed by atoms with Gasteiger partial charge < -0.3 is 14.6 Å². The van der Waals surface area contributed by atoms with Crippen LogP contribution >= 0.6 is 0 Å². The summed E-state index contributed by atoms with van der Waals surface area (Å²) < 4.78 is 13.2. The first kappa shape index (κ1) is 30.3. The summed E-state index contributed by atoms with van der Waals surface area (Å²) >= 11 is 0. The average Bonchev–Trinajstić information content (AvgIpc) is 2.74. The largest absolute Gasteiger partial charge is 0.487 e. The predicted octanol–water partition coefficient (Wildman–Crippen LogP) is 8.76. The van der Waals surface area contributed by atoms with Crippen LogP contribution in [0.4, 0.5) is 0 Å². The van der Waals surface area contributed by atoms with E-state index in [-0.39, 0.29) is 5.60 Å². The lowest BCUT2D eigenvalue weighted by molar-refractivity contribution is -0.149. The number of fused-ring (bicyclic) bond motifs is 1. The maximum absolute atomic E-state index is 11.7. The van der Waals surface area contributed by atoms with E-state index in [9.17, 15) is 9.90 Å². The predicted molar refractivity (Wildman–Crippen MR) is 150 cm³/mol. The van der Waals surface area contributed by atoms with E-state index in [4.69, 9.17) is 9.47 Å². The second-order valence-electron chi connectivity index (χ2n) is 13.2. The molecule has 4 nitrogen and oxygen atoms in total. The van der Waals surface area contributed by atoms with Crippen LogP contribution in [-0.4, -0.2) is 22.3 Å². The molecule has 36 heavy (non-hydrogen) atoms. The number of hydrogen-bond donors (Lipinski definition) is 1. The number of benzene rings is 1. The molecular formula is C32H52O4. The van der Waals surface area contributed by atoms with Crippen LogP contribution in [-0.2, 0) is 11.2 Å². The third kappa shape index (κ3) is 7.76. The monoisotopic (exact) mass is 500 g/mol. The van der Waals surface area contributed by atoms with E-state index in [1.165, 1.54) is 24.8 Å². The fourth-order valence-corrected chi connectivity index (χ4v) is 5.52. The van der Waals surface area contributed by atoms with Gasteiger partial charge in [-0.15, -0.1) is 0 Å². The Kier molecular flexibility index (Phi) is 9.76. The average molecular weight is 501 g/mol. The number of hydrogen-bond acceptors (Lipinski definition) is 3. The minimum Gasteiger partial charge on any atom is -0.487 e. The quantitative estimate of drug-likeness (QED) is 0.291. The SMILES string of the molecule is Cc1c(C)c2c(c(C)c1OC(C)(C)CC(C)(C)C(=O)O)CCC(C)(/C=C/CC(C)CCCC(C)C)O2. The molecule has 0 saturated heterocycles. The van der Waals surface area contributed by atoms with E-state index in [1.54, 1.807) is 13.8 Å². The van der Waals surface area contributed by atoms with Gasteiger partial charge >= 0.3 is 5.97 Å². The Hall–Kier alpha value is -1.97. The summed E-state index contributed by atoms with van der Waals surface area (Å²) in [5.41, 5.74) is 2.73. The van der Waals surface area contributed by atoms with Gasteiger partial charge in [0.2, 0.25) is 0 Å². The van der Waals surface area contributed by atoms with Crippen molar-refractivity contribution in [1.29, 1.82) is 0 Å². The van der Waals surface area contributed by atoms with E-state index in [2.05, 4.69) is 60.6 Å². The molecule has 1 heterocycles. The third-order valence-corrected chi connectivity index (χ3v) is 7.83. The van der Waals surface area contributed by atoms with Crippen LogP contribution in [0.3, 0.4) is 0 Å². The summed E-state index contributed by atoms with van der Waals surface area (Å²) in [6.45, 7) is 22.9. The number of carbonyl (C=O) groups is 1. The fourth-order valence-electron chi connectivity index (χ4n) is 5.52. The standard InChI is InChI=1S/C32H52O4/c1-21(2)14-12-15-22(3)16-13-18-32(11)19-17-26-25(6)27(23(4)24(5)28(26)36-32)35-31(9,10)20-30(7,8)29(33)34/h13,18,21-22H,12,14-17,19-20H2,1-11H3,(H,33,34)/b18-13+. The van der Waals surface area contributed by atoms with Crippen LogP contribution in [0, 0.1) is 38.0 Å². The Morgan fingerprint density at radius 3 is 2.31 bits per heavy atom.